The summed E-state index contributed by atoms with van der Waals surface area (Å²) in [7, 11) is 1.52. The van der Waals surface area contributed by atoms with Crippen molar-refractivity contribution in [1.29, 1.82) is 0 Å². The zero-order chi connectivity index (χ0) is 17.8. The normalized spacial score (nSPS) is 10.6. The Labute approximate surface area is 141 Å². The van der Waals surface area contributed by atoms with Crippen LogP contribution in [-0.2, 0) is 16.1 Å². The molecule has 8 nitrogen and oxygen atoms in total. The van der Waals surface area contributed by atoms with Crippen molar-refractivity contribution in [1.82, 2.24) is 5.16 Å². The van der Waals surface area contributed by atoms with Gasteiger partial charge in [0.1, 0.15) is 23.7 Å². The van der Waals surface area contributed by atoms with Crippen molar-refractivity contribution in [2.45, 2.75) is 13.5 Å². The highest BCUT2D eigenvalue weighted by Gasteiger charge is 2.11. The predicted molar refractivity (Wildman–Crippen MR) is 85.6 cm³/mol. The molecule has 1 aromatic carbocycles. The van der Waals surface area contributed by atoms with Crippen molar-refractivity contribution in [3.63, 3.8) is 0 Å². The molecule has 0 amide bonds. The summed E-state index contributed by atoms with van der Waals surface area (Å²) in [5.41, 5.74) is 0.341. The molecule has 3 rings (SSSR count). The van der Waals surface area contributed by atoms with Crippen LogP contribution in [0.2, 0.25) is 0 Å². The second-order valence-electron chi connectivity index (χ2n) is 5.18. The van der Waals surface area contributed by atoms with Crippen LogP contribution in [0.15, 0.2) is 44.1 Å². The number of ether oxygens (including phenoxy) is 3. The van der Waals surface area contributed by atoms with Crippen LogP contribution in [0.1, 0.15) is 11.3 Å². The molecule has 8 heteroatoms. The molecule has 0 aliphatic rings. The highest BCUT2D eigenvalue weighted by molar-refractivity contribution is 5.81. The lowest BCUT2D eigenvalue weighted by Crippen LogP contribution is -2.15. The van der Waals surface area contributed by atoms with Crippen LogP contribution in [0.5, 0.6) is 11.6 Å². The first-order valence-corrected chi connectivity index (χ1v) is 7.37. The predicted octanol–water partition coefficient (Wildman–Crippen LogP) is 2.22. The fourth-order valence-electron chi connectivity index (χ4n) is 2.20. The van der Waals surface area contributed by atoms with E-state index in [-0.39, 0.29) is 19.1 Å². The van der Waals surface area contributed by atoms with E-state index < -0.39 is 11.6 Å². The third kappa shape index (κ3) is 3.97. The average Bonchev–Trinajstić information content (AvgIpc) is 3.02. The van der Waals surface area contributed by atoms with Crippen LogP contribution in [0.25, 0.3) is 11.0 Å². The molecule has 3 aromatic rings. The molecule has 0 spiro atoms. The van der Waals surface area contributed by atoms with Gasteiger partial charge in [0.25, 0.3) is 5.88 Å². The van der Waals surface area contributed by atoms with Crippen LogP contribution < -0.4 is 15.1 Å². The van der Waals surface area contributed by atoms with Crippen LogP contribution in [0.4, 0.5) is 0 Å². The van der Waals surface area contributed by atoms with E-state index in [1.165, 1.54) is 13.2 Å². The number of nitrogens with zero attached hydrogens (tertiary/aromatic N) is 1. The van der Waals surface area contributed by atoms with Gasteiger partial charge in [0.2, 0.25) is 0 Å². The maximum absolute atomic E-state index is 11.8. The summed E-state index contributed by atoms with van der Waals surface area (Å²) < 4.78 is 25.3. The summed E-state index contributed by atoms with van der Waals surface area (Å²) in [6.07, 6.45) is 0. The lowest BCUT2D eigenvalue weighted by atomic mass is 10.1. The number of fused-ring (bicyclic) bond motifs is 1. The zero-order valence-electron chi connectivity index (χ0n) is 13.6. The molecule has 0 bridgehead atoms. The summed E-state index contributed by atoms with van der Waals surface area (Å²) >= 11 is 0. The molecule has 0 saturated heterocycles. The van der Waals surface area contributed by atoms with Crippen molar-refractivity contribution < 1.29 is 27.9 Å². The van der Waals surface area contributed by atoms with Gasteiger partial charge in [-0.3, -0.25) is 0 Å². The standard InChI is InChI=1S/C17H15NO7/c1-10-5-15(18-25-10)22-9-17(20)23-8-11-6-16(19)24-14-7-12(21-2)3-4-13(11)14/h3-7H,8-9H2,1-2H3. The molecular weight excluding hydrogens is 330 g/mol. The first-order chi connectivity index (χ1) is 12.0. The molecule has 0 N–H and O–H groups in total. The van der Waals surface area contributed by atoms with E-state index in [4.69, 9.17) is 23.2 Å². The maximum atomic E-state index is 11.8. The van der Waals surface area contributed by atoms with Gasteiger partial charge in [-0.25, -0.2) is 9.59 Å². The second-order valence-corrected chi connectivity index (χ2v) is 5.18. The summed E-state index contributed by atoms with van der Waals surface area (Å²) in [6.45, 7) is 1.30. The average molecular weight is 345 g/mol. The monoisotopic (exact) mass is 345 g/mol. The van der Waals surface area contributed by atoms with Crippen molar-refractivity contribution in [2.24, 2.45) is 0 Å². The number of benzene rings is 1. The minimum absolute atomic E-state index is 0.0888. The van der Waals surface area contributed by atoms with Crippen molar-refractivity contribution in [3.8, 4) is 11.6 Å². The molecule has 2 aromatic heterocycles. The Morgan fingerprint density at radius 3 is 2.80 bits per heavy atom. The first kappa shape index (κ1) is 16.6. The van der Waals surface area contributed by atoms with E-state index in [1.807, 2.05) is 0 Å². The number of carbonyl (C=O) groups excluding carboxylic acids is 1. The van der Waals surface area contributed by atoms with Crippen LogP contribution in [0.3, 0.4) is 0 Å². The Kier molecular flexibility index (Phi) is 4.69. The first-order valence-electron chi connectivity index (χ1n) is 7.37. The Balaban J connectivity index is 1.68. The molecule has 0 radical (unpaired) electrons. The van der Waals surface area contributed by atoms with Gasteiger partial charge in [-0.15, -0.1) is 0 Å². The largest absolute Gasteiger partial charge is 0.497 e. The molecule has 130 valence electrons. The molecule has 0 unspecified atom stereocenters. The van der Waals surface area contributed by atoms with Gasteiger partial charge in [0.05, 0.1) is 7.11 Å². The number of rotatable bonds is 6. The summed E-state index contributed by atoms with van der Waals surface area (Å²) in [5, 5.41) is 4.26. The second kappa shape index (κ2) is 7.08. The van der Waals surface area contributed by atoms with Crippen molar-refractivity contribution in [2.75, 3.05) is 13.7 Å². The van der Waals surface area contributed by atoms with Crippen molar-refractivity contribution >= 4 is 16.9 Å². The zero-order valence-corrected chi connectivity index (χ0v) is 13.6. The highest BCUT2D eigenvalue weighted by Crippen LogP contribution is 2.23. The number of methoxy groups -OCH3 is 1. The van der Waals surface area contributed by atoms with Crippen LogP contribution in [-0.4, -0.2) is 24.8 Å². The molecule has 0 saturated carbocycles. The molecule has 2 heterocycles. The quantitative estimate of drug-likeness (QED) is 0.495. The third-order valence-corrected chi connectivity index (χ3v) is 3.37. The van der Waals surface area contributed by atoms with Crippen LogP contribution >= 0.6 is 0 Å². The minimum Gasteiger partial charge on any atom is -0.497 e. The van der Waals surface area contributed by atoms with Gasteiger partial charge in [-0.05, 0) is 24.2 Å². The number of hydrogen-bond acceptors (Lipinski definition) is 8. The molecule has 0 aliphatic carbocycles. The Morgan fingerprint density at radius 1 is 1.24 bits per heavy atom. The van der Waals surface area contributed by atoms with E-state index in [1.54, 1.807) is 31.2 Å². The minimum atomic E-state index is -0.601. The van der Waals surface area contributed by atoms with Crippen molar-refractivity contribution in [3.05, 3.63) is 52.1 Å². The fraction of sp³-hybridized carbons (Fsp3) is 0.235. The Morgan fingerprint density at radius 2 is 2.08 bits per heavy atom. The van der Waals surface area contributed by atoms with E-state index >= 15 is 0 Å². The van der Waals surface area contributed by atoms with E-state index in [0.29, 0.717) is 28.0 Å². The number of aryl methyl sites for hydroxylation is 1. The summed E-state index contributed by atoms with van der Waals surface area (Å²) in [6, 6.07) is 7.89. The van der Waals surface area contributed by atoms with E-state index in [9.17, 15) is 9.59 Å². The number of esters is 1. The lowest BCUT2D eigenvalue weighted by Gasteiger charge is -2.08. The third-order valence-electron chi connectivity index (χ3n) is 3.37. The topological polar surface area (TPSA) is 101 Å². The van der Waals surface area contributed by atoms with Gasteiger partial charge in [0, 0.05) is 29.1 Å². The summed E-state index contributed by atoms with van der Waals surface area (Å²) in [4.78, 5) is 23.5. The Bertz CT molecular complexity index is 957. The van der Waals surface area contributed by atoms with Gasteiger partial charge in [0.15, 0.2) is 6.61 Å². The Hall–Kier alpha value is -3.29. The molecule has 25 heavy (non-hydrogen) atoms. The molecular formula is C17H15NO7. The van der Waals surface area contributed by atoms with Crippen LogP contribution in [0, 0.1) is 6.92 Å². The van der Waals surface area contributed by atoms with Gasteiger partial charge in [-0.1, -0.05) is 0 Å². The number of aromatic nitrogens is 1. The SMILES string of the molecule is COc1ccc2c(COC(=O)COc3cc(C)on3)cc(=O)oc2c1. The number of hydrogen-bond donors (Lipinski definition) is 0. The summed E-state index contributed by atoms with van der Waals surface area (Å²) in [5.74, 6) is 0.727. The van der Waals surface area contributed by atoms with E-state index in [0.717, 1.165) is 0 Å². The fourth-order valence-corrected chi connectivity index (χ4v) is 2.20. The number of carbonyl (C=O) groups is 1. The van der Waals surface area contributed by atoms with Gasteiger partial charge >= 0.3 is 11.6 Å². The smallest absolute Gasteiger partial charge is 0.344 e. The van der Waals surface area contributed by atoms with E-state index in [2.05, 4.69) is 5.16 Å². The maximum Gasteiger partial charge on any atom is 0.344 e. The van der Waals surface area contributed by atoms with Gasteiger partial charge < -0.3 is 23.2 Å². The molecule has 0 atom stereocenters. The highest BCUT2D eigenvalue weighted by atomic mass is 16.6. The lowest BCUT2D eigenvalue weighted by molar-refractivity contribution is -0.147. The van der Waals surface area contributed by atoms with Gasteiger partial charge in [-0.2, -0.15) is 0 Å². The molecule has 0 fully saturated rings. The molecule has 0 aliphatic heterocycles.